The maximum Gasteiger partial charge on any atom is 0.229 e. The number of rotatable bonds is 3. The Hall–Kier alpha value is -2.11. The van der Waals surface area contributed by atoms with E-state index in [-0.39, 0.29) is 5.41 Å². The lowest BCUT2D eigenvalue weighted by atomic mass is 9.95. The van der Waals surface area contributed by atoms with E-state index in [9.17, 15) is 0 Å². The van der Waals surface area contributed by atoms with Crippen molar-refractivity contribution >= 4 is 5.82 Å². The summed E-state index contributed by atoms with van der Waals surface area (Å²) in [5.41, 5.74) is 1.63. The number of ether oxygens (including phenoxy) is 1. The van der Waals surface area contributed by atoms with E-state index in [0.717, 1.165) is 22.9 Å². The summed E-state index contributed by atoms with van der Waals surface area (Å²) in [4.78, 5) is 9.15. The molecular formula is C15H23N5O. The van der Waals surface area contributed by atoms with Crippen LogP contribution in [0.3, 0.4) is 0 Å². The molecule has 2 aromatic rings. The van der Waals surface area contributed by atoms with E-state index in [0.29, 0.717) is 11.8 Å². The molecule has 0 unspecified atom stereocenters. The zero-order chi connectivity index (χ0) is 15.8. The molecule has 2 rings (SSSR count). The SMILES string of the molecule is CNc1nc(C(C)(C)C)nc(Oc2cc(C)nn2C)c1C. The van der Waals surface area contributed by atoms with Gasteiger partial charge in [0.2, 0.25) is 11.8 Å². The van der Waals surface area contributed by atoms with Gasteiger partial charge < -0.3 is 10.1 Å². The minimum Gasteiger partial charge on any atom is -0.420 e. The maximum atomic E-state index is 5.95. The molecule has 2 aromatic heterocycles. The molecule has 0 aliphatic rings. The summed E-state index contributed by atoms with van der Waals surface area (Å²) in [6, 6.07) is 1.89. The molecule has 0 aliphatic heterocycles. The first-order valence-electron chi connectivity index (χ1n) is 6.97. The first kappa shape index (κ1) is 15.3. The molecule has 21 heavy (non-hydrogen) atoms. The van der Waals surface area contributed by atoms with Crippen molar-refractivity contribution in [3.05, 3.63) is 23.1 Å². The van der Waals surface area contributed by atoms with Crippen LogP contribution >= 0.6 is 0 Å². The minimum absolute atomic E-state index is 0.153. The Morgan fingerprint density at radius 1 is 1.19 bits per heavy atom. The number of aromatic nitrogens is 4. The molecule has 0 radical (unpaired) electrons. The summed E-state index contributed by atoms with van der Waals surface area (Å²) in [6.07, 6.45) is 0. The van der Waals surface area contributed by atoms with E-state index in [2.05, 4.69) is 41.2 Å². The zero-order valence-corrected chi connectivity index (χ0v) is 13.8. The van der Waals surface area contributed by atoms with E-state index < -0.39 is 0 Å². The molecule has 6 nitrogen and oxygen atoms in total. The normalized spacial score (nSPS) is 11.6. The van der Waals surface area contributed by atoms with Crippen LogP contribution in [0.2, 0.25) is 0 Å². The average Bonchev–Trinajstić information content (AvgIpc) is 2.69. The van der Waals surface area contributed by atoms with Crippen molar-refractivity contribution in [2.45, 2.75) is 40.0 Å². The van der Waals surface area contributed by atoms with Gasteiger partial charge in [-0.3, -0.25) is 0 Å². The second-order valence-electron chi connectivity index (χ2n) is 6.18. The Bertz CT molecular complexity index is 655. The first-order valence-corrected chi connectivity index (χ1v) is 6.97. The Labute approximate surface area is 125 Å². The van der Waals surface area contributed by atoms with Crippen molar-refractivity contribution in [2.24, 2.45) is 7.05 Å². The molecule has 0 amide bonds. The van der Waals surface area contributed by atoms with Crippen molar-refractivity contribution < 1.29 is 4.74 Å². The summed E-state index contributed by atoms with van der Waals surface area (Å²) in [5, 5.41) is 7.38. The number of hydrogen-bond donors (Lipinski definition) is 1. The van der Waals surface area contributed by atoms with Crippen molar-refractivity contribution in [2.75, 3.05) is 12.4 Å². The lowest BCUT2D eigenvalue weighted by Gasteiger charge is -2.20. The van der Waals surface area contributed by atoms with Gasteiger partial charge in [0.25, 0.3) is 0 Å². The molecule has 0 aliphatic carbocycles. The van der Waals surface area contributed by atoms with Gasteiger partial charge in [-0.05, 0) is 13.8 Å². The quantitative estimate of drug-likeness (QED) is 0.941. The Morgan fingerprint density at radius 3 is 2.33 bits per heavy atom. The summed E-state index contributed by atoms with van der Waals surface area (Å²) >= 11 is 0. The maximum absolute atomic E-state index is 5.95. The minimum atomic E-state index is -0.153. The molecule has 0 atom stereocenters. The molecule has 0 saturated carbocycles. The van der Waals surface area contributed by atoms with Crippen LogP contribution in [0.4, 0.5) is 5.82 Å². The summed E-state index contributed by atoms with van der Waals surface area (Å²) in [7, 11) is 3.70. The van der Waals surface area contributed by atoms with Crippen LogP contribution in [-0.4, -0.2) is 26.8 Å². The Kier molecular flexibility index (Phi) is 3.89. The fraction of sp³-hybridized carbons (Fsp3) is 0.533. The van der Waals surface area contributed by atoms with Crippen molar-refractivity contribution in [3.8, 4) is 11.8 Å². The van der Waals surface area contributed by atoms with Gasteiger partial charge in [-0.25, -0.2) is 9.67 Å². The second kappa shape index (κ2) is 5.35. The van der Waals surface area contributed by atoms with Crippen molar-refractivity contribution in [3.63, 3.8) is 0 Å². The molecule has 2 heterocycles. The van der Waals surface area contributed by atoms with E-state index in [4.69, 9.17) is 4.74 Å². The van der Waals surface area contributed by atoms with Crippen molar-refractivity contribution in [1.29, 1.82) is 0 Å². The summed E-state index contributed by atoms with van der Waals surface area (Å²) < 4.78 is 7.65. The van der Waals surface area contributed by atoms with Crippen molar-refractivity contribution in [1.82, 2.24) is 19.7 Å². The fourth-order valence-corrected chi connectivity index (χ4v) is 1.96. The van der Waals surface area contributed by atoms with Crippen LogP contribution in [0, 0.1) is 13.8 Å². The summed E-state index contributed by atoms with van der Waals surface area (Å²) in [6.45, 7) is 10.1. The predicted molar refractivity (Wildman–Crippen MR) is 83.0 cm³/mol. The molecule has 0 saturated heterocycles. The Balaban J connectivity index is 2.49. The third-order valence-corrected chi connectivity index (χ3v) is 3.17. The topological polar surface area (TPSA) is 64.9 Å². The highest BCUT2D eigenvalue weighted by atomic mass is 16.5. The van der Waals surface area contributed by atoms with Crippen LogP contribution < -0.4 is 10.1 Å². The van der Waals surface area contributed by atoms with Crippen LogP contribution in [0.5, 0.6) is 11.8 Å². The molecule has 114 valence electrons. The number of nitrogens with zero attached hydrogens (tertiary/aromatic N) is 4. The molecule has 1 N–H and O–H groups in total. The van der Waals surface area contributed by atoms with Crippen LogP contribution in [0.15, 0.2) is 6.07 Å². The van der Waals surface area contributed by atoms with Gasteiger partial charge in [0.15, 0.2) is 0 Å². The largest absolute Gasteiger partial charge is 0.420 e. The van der Waals surface area contributed by atoms with Crippen LogP contribution in [0.25, 0.3) is 0 Å². The van der Waals surface area contributed by atoms with Gasteiger partial charge in [0.05, 0.1) is 11.3 Å². The summed E-state index contributed by atoms with van der Waals surface area (Å²) in [5.74, 6) is 2.74. The molecular weight excluding hydrogens is 266 g/mol. The average molecular weight is 289 g/mol. The molecule has 6 heteroatoms. The smallest absolute Gasteiger partial charge is 0.229 e. The van der Waals surface area contributed by atoms with Gasteiger partial charge in [-0.15, -0.1) is 0 Å². The lowest BCUT2D eigenvalue weighted by molar-refractivity contribution is 0.403. The third kappa shape index (κ3) is 3.15. The fourth-order valence-electron chi connectivity index (χ4n) is 1.96. The van der Waals surface area contributed by atoms with Gasteiger partial charge in [-0.1, -0.05) is 20.8 Å². The van der Waals surface area contributed by atoms with Gasteiger partial charge in [0.1, 0.15) is 11.6 Å². The number of nitrogens with one attached hydrogen (secondary N) is 1. The van der Waals surface area contributed by atoms with E-state index in [1.54, 1.807) is 4.68 Å². The number of aryl methyl sites for hydroxylation is 2. The van der Waals surface area contributed by atoms with E-state index >= 15 is 0 Å². The third-order valence-electron chi connectivity index (χ3n) is 3.17. The standard InChI is InChI=1S/C15H23N5O/c1-9-8-11(20(7)19-9)21-13-10(2)12(16-6)17-14(18-13)15(3,4)5/h8H,1-7H3,(H,16,17,18). The molecule has 0 fully saturated rings. The number of hydrogen-bond acceptors (Lipinski definition) is 5. The van der Waals surface area contributed by atoms with Gasteiger partial charge in [-0.2, -0.15) is 10.1 Å². The highest BCUT2D eigenvalue weighted by Crippen LogP contribution is 2.30. The second-order valence-corrected chi connectivity index (χ2v) is 6.18. The lowest BCUT2D eigenvalue weighted by Crippen LogP contribution is -2.18. The van der Waals surface area contributed by atoms with Gasteiger partial charge in [0, 0.05) is 25.6 Å². The van der Waals surface area contributed by atoms with Gasteiger partial charge >= 0.3 is 0 Å². The Morgan fingerprint density at radius 2 is 1.86 bits per heavy atom. The number of anilines is 1. The van der Waals surface area contributed by atoms with Crippen LogP contribution in [0.1, 0.15) is 37.9 Å². The highest BCUT2D eigenvalue weighted by molar-refractivity contribution is 5.49. The highest BCUT2D eigenvalue weighted by Gasteiger charge is 2.22. The predicted octanol–water partition coefficient (Wildman–Crippen LogP) is 2.96. The molecule has 0 spiro atoms. The monoisotopic (exact) mass is 289 g/mol. The van der Waals surface area contributed by atoms with Crippen LogP contribution in [-0.2, 0) is 12.5 Å². The molecule has 0 bridgehead atoms. The van der Waals surface area contributed by atoms with E-state index in [1.807, 2.05) is 34.0 Å². The van der Waals surface area contributed by atoms with E-state index in [1.165, 1.54) is 0 Å². The first-order chi connectivity index (χ1) is 9.72. The molecule has 0 aromatic carbocycles. The zero-order valence-electron chi connectivity index (χ0n) is 13.8.